The van der Waals surface area contributed by atoms with Crippen LogP contribution in [0.15, 0.2) is 18.5 Å². The minimum atomic E-state index is 0.585. The van der Waals surface area contributed by atoms with Gasteiger partial charge in [0.2, 0.25) is 0 Å². The van der Waals surface area contributed by atoms with Gasteiger partial charge in [-0.2, -0.15) is 0 Å². The van der Waals surface area contributed by atoms with Gasteiger partial charge in [0.25, 0.3) is 0 Å². The van der Waals surface area contributed by atoms with Crippen molar-refractivity contribution in [3.63, 3.8) is 0 Å². The summed E-state index contributed by atoms with van der Waals surface area (Å²) in [5.41, 5.74) is 2.56. The minimum Gasteiger partial charge on any atom is -0.381 e. The molecular formula is C14H23N3O. The average Bonchev–Trinajstić information content (AvgIpc) is 2.45. The largest absolute Gasteiger partial charge is 0.381 e. The number of pyridine rings is 1. The summed E-state index contributed by atoms with van der Waals surface area (Å²) in [5.74, 6) is 0. The van der Waals surface area contributed by atoms with Crippen LogP contribution in [0.2, 0.25) is 0 Å². The molecule has 4 nitrogen and oxygen atoms in total. The van der Waals surface area contributed by atoms with Gasteiger partial charge in [0.15, 0.2) is 0 Å². The van der Waals surface area contributed by atoms with E-state index in [1.807, 2.05) is 12.4 Å². The molecule has 0 atom stereocenters. The molecule has 4 heteroatoms. The van der Waals surface area contributed by atoms with E-state index in [4.69, 9.17) is 4.74 Å². The lowest BCUT2D eigenvalue weighted by Crippen LogP contribution is -2.37. The molecule has 2 rings (SSSR count). The number of nitrogens with zero attached hydrogens (tertiary/aromatic N) is 2. The van der Waals surface area contributed by atoms with Crippen molar-refractivity contribution in [3.05, 3.63) is 24.0 Å². The Morgan fingerprint density at radius 3 is 2.94 bits per heavy atom. The van der Waals surface area contributed by atoms with Gasteiger partial charge in [-0.3, -0.25) is 4.98 Å². The Morgan fingerprint density at radius 1 is 1.44 bits per heavy atom. The molecule has 2 heterocycles. The zero-order chi connectivity index (χ0) is 12.8. The van der Waals surface area contributed by atoms with E-state index < -0.39 is 0 Å². The molecule has 0 unspecified atom stereocenters. The van der Waals surface area contributed by atoms with E-state index in [2.05, 4.69) is 35.2 Å². The van der Waals surface area contributed by atoms with Gasteiger partial charge in [0.05, 0.1) is 0 Å². The highest BCUT2D eigenvalue weighted by Crippen LogP contribution is 2.24. The maximum absolute atomic E-state index is 5.43. The topological polar surface area (TPSA) is 37.4 Å². The number of hydrogen-bond acceptors (Lipinski definition) is 4. The Morgan fingerprint density at radius 2 is 2.22 bits per heavy atom. The molecule has 1 aromatic heterocycles. The molecule has 0 spiro atoms. The van der Waals surface area contributed by atoms with Crippen LogP contribution in [0.1, 0.15) is 25.3 Å². The summed E-state index contributed by atoms with van der Waals surface area (Å²) in [6.45, 7) is 5.74. The van der Waals surface area contributed by atoms with Crippen molar-refractivity contribution < 1.29 is 4.74 Å². The van der Waals surface area contributed by atoms with Crippen LogP contribution < -0.4 is 10.2 Å². The maximum Gasteiger partial charge on any atom is 0.0485 e. The first-order valence-electron chi connectivity index (χ1n) is 6.77. The first-order valence-corrected chi connectivity index (χ1v) is 6.77. The SMILES string of the molecule is CCNCc1cnccc1N(C)C1CCOCC1. The Hall–Kier alpha value is -1.13. The molecule has 1 saturated heterocycles. The standard InChI is InChI=1S/C14H23N3O/c1-3-15-10-12-11-16-7-4-14(12)17(2)13-5-8-18-9-6-13/h4,7,11,13,15H,3,5-6,8-10H2,1-2H3. The molecule has 0 amide bonds. The fraction of sp³-hybridized carbons (Fsp3) is 0.643. The average molecular weight is 249 g/mol. The van der Waals surface area contributed by atoms with Crippen LogP contribution in [0.25, 0.3) is 0 Å². The molecule has 1 N–H and O–H groups in total. The van der Waals surface area contributed by atoms with Gasteiger partial charge < -0.3 is 15.0 Å². The molecule has 1 aromatic rings. The van der Waals surface area contributed by atoms with Crippen molar-refractivity contribution in [1.29, 1.82) is 0 Å². The van der Waals surface area contributed by atoms with Crippen molar-refractivity contribution in [3.8, 4) is 0 Å². The van der Waals surface area contributed by atoms with Crippen molar-refractivity contribution in [2.75, 3.05) is 31.7 Å². The predicted molar refractivity (Wildman–Crippen MR) is 73.9 cm³/mol. The second kappa shape index (κ2) is 6.71. The highest BCUT2D eigenvalue weighted by Gasteiger charge is 2.20. The smallest absolute Gasteiger partial charge is 0.0485 e. The van der Waals surface area contributed by atoms with Crippen LogP contribution in [0.3, 0.4) is 0 Å². The van der Waals surface area contributed by atoms with Crippen LogP contribution in [0.5, 0.6) is 0 Å². The number of aromatic nitrogens is 1. The van der Waals surface area contributed by atoms with Crippen LogP contribution in [0, 0.1) is 0 Å². The zero-order valence-electron chi connectivity index (χ0n) is 11.4. The molecule has 0 radical (unpaired) electrons. The molecule has 0 aliphatic carbocycles. The molecule has 0 saturated carbocycles. The van der Waals surface area contributed by atoms with Crippen LogP contribution in [-0.4, -0.2) is 37.8 Å². The van der Waals surface area contributed by atoms with Gasteiger partial charge in [-0.05, 0) is 25.5 Å². The van der Waals surface area contributed by atoms with Gasteiger partial charge >= 0.3 is 0 Å². The number of rotatable bonds is 5. The Bertz CT molecular complexity index is 364. The first kappa shape index (κ1) is 13.3. The van der Waals surface area contributed by atoms with Crippen molar-refractivity contribution in [1.82, 2.24) is 10.3 Å². The van der Waals surface area contributed by atoms with Crippen LogP contribution in [0.4, 0.5) is 5.69 Å². The van der Waals surface area contributed by atoms with Gasteiger partial charge in [-0.1, -0.05) is 6.92 Å². The monoisotopic (exact) mass is 249 g/mol. The molecule has 0 bridgehead atoms. The highest BCUT2D eigenvalue weighted by atomic mass is 16.5. The van der Waals surface area contributed by atoms with Gasteiger partial charge in [-0.15, -0.1) is 0 Å². The van der Waals surface area contributed by atoms with E-state index in [9.17, 15) is 0 Å². The summed E-state index contributed by atoms with van der Waals surface area (Å²) in [4.78, 5) is 6.62. The lowest BCUT2D eigenvalue weighted by Gasteiger charge is -2.34. The summed E-state index contributed by atoms with van der Waals surface area (Å²) < 4.78 is 5.43. The highest BCUT2D eigenvalue weighted by molar-refractivity contribution is 5.52. The first-order chi connectivity index (χ1) is 8.83. The van der Waals surface area contributed by atoms with E-state index in [-0.39, 0.29) is 0 Å². The molecular weight excluding hydrogens is 226 g/mol. The second-order valence-electron chi connectivity index (χ2n) is 4.74. The van der Waals surface area contributed by atoms with E-state index in [1.54, 1.807) is 0 Å². The molecule has 100 valence electrons. The Labute approximate surface area is 109 Å². The van der Waals surface area contributed by atoms with Gasteiger partial charge in [-0.25, -0.2) is 0 Å². The third-order valence-electron chi connectivity index (χ3n) is 3.56. The Balaban J connectivity index is 2.10. The number of anilines is 1. The second-order valence-corrected chi connectivity index (χ2v) is 4.74. The van der Waals surface area contributed by atoms with E-state index >= 15 is 0 Å². The van der Waals surface area contributed by atoms with Gasteiger partial charge in [0, 0.05) is 56.5 Å². The molecule has 1 aliphatic heterocycles. The summed E-state index contributed by atoms with van der Waals surface area (Å²) in [7, 11) is 2.18. The molecule has 18 heavy (non-hydrogen) atoms. The van der Waals surface area contributed by atoms with Crippen molar-refractivity contribution in [2.45, 2.75) is 32.4 Å². The van der Waals surface area contributed by atoms with Gasteiger partial charge in [0.1, 0.15) is 0 Å². The van der Waals surface area contributed by atoms with Crippen LogP contribution in [-0.2, 0) is 11.3 Å². The predicted octanol–water partition coefficient (Wildman–Crippen LogP) is 1.81. The lowest BCUT2D eigenvalue weighted by molar-refractivity contribution is 0.0854. The van der Waals surface area contributed by atoms with E-state index in [0.717, 1.165) is 39.1 Å². The van der Waals surface area contributed by atoms with E-state index in [0.29, 0.717) is 6.04 Å². The van der Waals surface area contributed by atoms with Crippen molar-refractivity contribution in [2.24, 2.45) is 0 Å². The number of ether oxygens (including phenoxy) is 1. The number of nitrogens with one attached hydrogen (secondary N) is 1. The quantitative estimate of drug-likeness (QED) is 0.863. The summed E-state index contributed by atoms with van der Waals surface area (Å²) in [6, 6.07) is 2.70. The molecule has 1 fully saturated rings. The third kappa shape index (κ3) is 3.21. The maximum atomic E-state index is 5.43. The zero-order valence-corrected chi connectivity index (χ0v) is 11.4. The third-order valence-corrected chi connectivity index (χ3v) is 3.56. The van der Waals surface area contributed by atoms with E-state index in [1.165, 1.54) is 11.3 Å². The summed E-state index contributed by atoms with van der Waals surface area (Å²) in [6.07, 6.45) is 6.06. The normalized spacial score (nSPS) is 16.8. The van der Waals surface area contributed by atoms with Crippen molar-refractivity contribution >= 4 is 5.69 Å². The minimum absolute atomic E-state index is 0.585. The fourth-order valence-electron chi connectivity index (χ4n) is 2.43. The van der Waals surface area contributed by atoms with Crippen LogP contribution >= 0.6 is 0 Å². The molecule has 1 aliphatic rings. The summed E-state index contributed by atoms with van der Waals surface area (Å²) in [5, 5.41) is 3.37. The Kier molecular flexibility index (Phi) is 4.96. The number of hydrogen-bond donors (Lipinski definition) is 1. The molecule has 0 aromatic carbocycles. The fourth-order valence-corrected chi connectivity index (χ4v) is 2.43. The lowest BCUT2D eigenvalue weighted by atomic mass is 10.1. The summed E-state index contributed by atoms with van der Waals surface area (Å²) >= 11 is 0.